The Morgan fingerprint density at radius 1 is 1.18 bits per heavy atom. The molecule has 150 valence electrons. The van der Waals surface area contributed by atoms with Gasteiger partial charge in [-0.2, -0.15) is 4.31 Å². The van der Waals surface area contributed by atoms with Crippen LogP contribution in [0.1, 0.15) is 41.7 Å². The van der Waals surface area contributed by atoms with Gasteiger partial charge >= 0.3 is 0 Å². The molecule has 1 aromatic carbocycles. The van der Waals surface area contributed by atoms with Crippen LogP contribution in [0.2, 0.25) is 0 Å². The molecule has 3 rings (SSSR count). The van der Waals surface area contributed by atoms with Crippen molar-refractivity contribution in [2.24, 2.45) is 5.73 Å². The second-order valence-electron chi connectivity index (χ2n) is 6.59. The van der Waals surface area contributed by atoms with Crippen LogP contribution in [0, 0.1) is 0 Å². The third kappa shape index (κ3) is 4.94. The first-order chi connectivity index (χ1) is 13.4. The van der Waals surface area contributed by atoms with Crippen molar-refractivity contribution in [1.82, 2.24) is 9.29 Å². The number of hydrogen-bond acceptors (Lipinski definition) is 6. The summed E-state index contributed by atoms with van der Waals surface area (Å²) in [4.78, 5) is 27.7. The lowest BCUT2D eigenvalue weighted by Gasteiger charge is -2.20. The minimum atomic E-state index is -3.63. The van der Waals surface area contributed by atoms with E-state index in [2.05, 4.69) is 10.3 Å². The van der Waals surface area contributed by atoms with Crippen molar-refractivity contribution in [3.05, 3.63) is 40.9 Å². The fraction of sp³-hybridized carbons (Fsp3) is 0.389. The molecule has 0 radical (unpaired) electrons. The topological polar surface area (TPSA) is 122 Å². The van der Waals surface area contributed by atoms with Crippen molar-refractivity contribution in [2.75, 3.05) is 18.4 Å². The number of nitrogens with one attached hydrogen (secondary N) is 1. The molecular formula is C18H22N4O4S2. The maximum Gasteiger partial charge on any atom is 0.257 e. The Kier molecular flexibility index (Phi) is 6.42. The van der Waals surface area contributed by atoms with Crippen LogP contribution < -0.4 is 11.1 Å². The number of carbonyl (C=O) groups excluding carboxylic acids is 2. The largest absolute Gasteiger partial charge is 0.369 e. The van der Waals surface area contributed by atoms with Gasteiger partial charge in [0.25, 0.3) is 5.91 Å². The average molecular weight is 423 g/mol. The molecule has 0 aliphatic carbocycles. The molecule has 2 amide bonds. The number of rotatable bonds is 6. The number of nitrogens with zero attached hydrogens (tertiary/aromatic N) is 2. The predicted molar refractivity (Wildman–Crippen MR) is 107 cm³/mol. The molecule has 1 aromatic heterocycles. The number of hydrogen-bond donors (Lipinski definition) is 2. The summed E-state index contributed by atoms with van der Waals surface area (Å²) in [5.74, 6) is -0.970. The molecule has 0 bridgehead atoms. The quantitative estimate of drug-likeness (QED) is 0.737. The number of nitrogens with two attached hydrogens (primary N) is 1. The van der Waals surface area contributed by atoms with Crippen molar-refractivity contribution in [2.45, 2.75) is 37.0 Å². The second kappa shape index (κ2) is 8.80. The van der Waals surface area contributed by atoms with Gasteiger partial charge in [-0.25, -0.2) is 13.4 Å². The third-order valence-electron chi connectivity index (χ3n) is 4.43. The molecule has 0 atom stereocenters. The van der Waals surface area contributed by atoms with Crippen LogP contribution in [-0.2, 0) is 21.2 Å². The van der Waals surface area contributed by atoms with E-state index in [4.69, 9.17) is 5.73 Å². The van der Waals surface area contributed by atoms with Gasteiger partial charge in [-0.05, 0) is 31.0 Å². The maximum atomic E-state index is 12.9. The Hall–Kier alpha value is -2.30. The maximum absolute atomic E-state index is 12.9. The number of sulfonamides is 1. The molecule has 1 aliphatic rings. The van der Waals surface area contributed by atoms with Gasteiger partial charge in [-0.15, -0.1) is 11.3 Å². The number of anilines is 1. The molecule has 10 heteroatoms. The first-order valence-electron chi connectivity index (χ1n) is 9.00. The molecule has 0 saturated carbocycles. The van der Waals surface area contributed by atoms with Crippen molar-refractivity contribution in [3.8, 4) is 0 Å². The van der Waals surface area contributed by atoms with E-state index in [0.29, 0.717) is 23.9 Å². The Morgan fingerprint density at radius 3 is 2.57 bits per heavy atom. The lowest BCUT2D eigenvalue weighted by atomic mass is 10.2. The minimum Gasteiger partial charge on any atom is -0.369 e. The molecule has 1 saturated heterocycles. The summed E-state index contributed by atoms with van der Waals surface area (Å²) in [5.41, 5.74) is 5.83. The summed E-state index contributed by atoms with van der Waals surface area (Å²) in [6, 6.07) is 5.99. The van der Waals surface area contributed by atoms with E-state index in [1.807, 2.05) is 0 Å². The molecule has 28 heavy (non-hydrogen) atoms. The third-order valence-corrected chi connectivity index (χ3v) is 7.13. The second-order valence-corrected chi connectivity index (χ2v) is 9.38. The van der Waals surface area contributed by atoms with E-state index < -0.39 is 21.8 Å². The molecular weight excluding hydrogens is 400 g/mol. The van der Waals surface area contributed by atoms with Gasteiger partial charge in [0, 0.05) is 24.0 Å². The summed E-state index contributed by atoms with van der Waals surface area (Å²) in [6.45, 7) is 1.00. The molecule has 0 unspecified atom stereocenters. The highest BCUT2D eigenvalue weighted by atomic mass is 32.2. The highest BCUT2D eigenvalue weighted by Crippen LogP contribution is 2.22. The SMILES string of the molecule is NC(=O)Cc1csc(NC(=O)c2cccc(S(=O)(=O)N3CCCCCC3)c2)n1. The van der Waals surface area contributed by atoms with E-state index in [1.165, 1.54) is 27.8 Å². The van der Waals surface area contributed by atoms with Crippen molar-refractivity contribution in [1.29, 1.82) is 0 Å². The normalized spacial score (nSPS) is 15.7. The molecule has 1 aliphatic heterocycles. The molecule has 2 heterocycles. The molecule has 0 spiro atoms. The predicted octanol–water partition coefficient (Wildman–Crippen LogP) is 1.99. The summed E-state index contributed by atoms with van der Waals surface area (Å²) in [7, 11) is -3.63. The number of benzene rings is 1. The van der Waals surface area contributed by atoms with Gasteiger partial charge in [0.05, 0.1) is 17.0 Å². The first-order valence-corrected chi connectivity index (χ1v) is 11.3. The number of carbonyl (C=O) groups is 2. The van der Waals surface area contributed by atoms with Crippen LogP contribution in [0.25, 0.3) is 0 Å². The van der Waals surface area contributed by atoms with Crippen LogP contribution in [0.15, 0.2) is 34.5 Å². The Labute approximate surface area is 167 Å². The van der Waals surface area contributed by atoms with Gasteiger partial charge in [0.2, 0.25) is 15.9 Å². The van der Waals surface area contributed by atoms with Crippen LogP contribution >= 0.6 is 11.3 Å². The smallest absolute Gasteiger partial charge is 0.257 e. The first kappa shape index (κ1) is 20.4. The fourth-order valence-corrected chi connectivity index (χ4v) is 5.29. The van der Waals surface area contributed by atoms with Crippen molar-refractivity contribution < 1.29 is 18.0 Å². The fourth-order valence-electron chi connectivity index (χ4n) is 3.02. The zero-order valence-corrected chi connectivity index (χ0v) is 16.9. The number of aromatic nitrogens is 1. The molecule has 2 aromatic rings. The molecule has 3 N–H and O–H groups in total. The zero-order chi connectivity index (χ0) is 20.1. The Morgan fingerprint density at radius 2 is 1.89 bits per heavy atom. The van der Waals surface area contributed by atoms with E-state index in [0.717, 1.165) is 25.7 Å². The van der Waals surface area contributed by atoms with Crippen LogP contribution in [0.5, 0.6) is 0 Å². The van der Waals surface area contributed by atoms with Crippen molar-refractivity contribution >= 4 is 38.3 Å². The number of thiazole rings is 1. The van der Waals surface area contributed by atoms with Crippen LogP contribution in [0.4, 0.5) is 5.13 Å². The van der Waals surface area contributed by atoms with E-state index in [9.17, 15) is 18.0 Å². The summed E-state index contributed by atoms with van der Waals surface area (Å²) in [6.07, 6.45) is 3.74. The van der Waals surface area contributed by atoms with Gasteiger partial charge in [0.1, 0.15) is 0 Å². The van der Waals surface area contributed by atoms with Gasteiger partial charge < -0.3 is 5.73 Å². The summed E-state index contributed by atoms with van der Waals surface area (Å²) < 4.78 is 27.3. The lowest BCUT2D eigenvalue weighted by Crippen LogP contribution is -2.32. The van der Waals surface area contributed by atoms with E-state index in [-0.39, 0.29) is 16.9 Å². The van der Waals surface area contributed by atoms with Crippen LogP contribution in [0.3, 0.4) is 0 Å². The Bertz CT molecular complexity index is 963. The number of primary amides is 1. The highest BCUT2D eigenvalue weighted by molar-refractivity contribution is 7.89. The standard InChI is InChI=1S/C18H22N4O4S2/c19-16(23)11-14-12-27-18(20-14)21-17(24)13-6-5-7-15(10-13)28(25,26)22-8-3-1-2-4-9-22/h5-7,10,12H,1-4,8-9,11H2,(H2,19,23)(H,20,21,24). The number of amides is 2. The lowest BCUT2D eigenvalue weighted by molar-refractivity contribution is -0.117. The monoisotopic (exact) mass is 422 g/mol. The highest BCUT2D eigenvalue weighted by Gasteiger charge is 2.26. The van der Waals surface area contributed by atoms with Gasteiger partial charge in [-0.1, -0.05) is 18.9 Å². The summed E-state index contributed by atoms with van der Waals surface area (Å²) in [5, 5.41) is 4.59. The van der Waals surface area contributed by atoms with Gasteiger partial charge in [-0.3, -0.25) is 14.9 Å². The summed E-state index contributed by atoms with van der Waals surface area (Å²) >= 11 is 1.17. The van der Waals surface area contributed by atoms with E-state index in [1.54, 1.807) is 17.5 Å². The van der Waals surface area contributed by atoms with Gasteiger partial charge in [0.15, 0.2) is 5.13 Å². The average Bonchev–Trinajstić information content (AvgIpc) is 2.91. The zero-order valence-electron chi connectivity index (χ0n) is 15.3. The minimum absolute atomic E-state index is 0.00403. The Balaban J connectivity index is 1.75. The van der Waals surface area contributed by atoms with Crippen LogP contribution in [-0.4, -0.2) is 42.6 Å². The molecule has 8 nitrogen and oxygen atoms in total. The van der Waals surface area contributed by atoms with E-state index >= 15 is 0 Å². The van der Waals surface area contributed by atoms with Crippen molar-refractivity contribution in [3.63, 3.8) is 0 Å². The molecule has 1 fully saturated rings.